The van der Waals surface area contributed by atoms with Gasteiger partial charge in [0.2, 0.25) is 17.7 Å². The van der Waals surface area contributed by atoms with E-state index >= 15 is 0 Å². The molecule has 36 heavy (non-hydrogen) atoms. The molecule has 8 nitrogen and oxygen atoms in total. The summed E-state index contributed by atoms with van der Waals surface area (Å²) in [7, 11) is 0. The molecule has 0 unspecified atom stereocenters. The maximum Gasteiger partial charge on any atom is 0.262 e. The molecule has 9 heteroatoms. The normalized spacial score (nSPS) is 14.0. The third kappa shape index (κ3) is 9.30. The van der Waals surface area contributed by atoms with Crippen LogP contribution in [0, 0.1) is 5.41 Å². The first kappa shape index (κ1) is 28.8. The van der Waals surface area contributed by atoms with E-state index in [1.807, 2.05) is 58.0 Å². The molecule has 2 rings (SSSR count). The summed E-state index contributed by atoms with van der Waals surface area (Å²) in [6, 6.07) is 10.6. The summed E-state index contributed by atoms with van der Waals surface area (Å²) in [5, 5.41) is 10.4. The van der Waals surface area contributed by atoms with Gasteiger partial charge in [-0.25, -0.2) is 0 Å². The third-order valence-electron chi connectivity index (χ3n) is 5.52. The van der Waals surface area contributed by atoms with Crippen LogP contribution in [0.25, 0.3) is 0 Å². The van der Waals surface area contributed by atoms with E-state index in [2.05, 4.69) is 16.0 Å². The van der Waals surface area contributed by atoms with Crippen LogP contribution in [-0.2, 0) is 20.8 Å². The highest BCUT2D eigenvalue weighted by Gasteiger charge is 2.35. The summed E-state index contributed by atoms with van der Waals surface area (Å²) < 4.78 is 0. The van der Waals surface area contributed by atoms with Gasteiger partial charge in [0.15, 0.2) is 0 Å². The van der Waals surface area contributed by atoms with Gasteiger partial charge in [-0.1, -0.05) is 69.3 Å². The Kier molecular flexibility index (Phi) is 10.9. The number of amides is 4. The Morgan fingerprint density at radius 2 is 1.67 bits per heavy atom. The van der Waals surface area contributed by atoms with Crippen LogP contribution in [0.1, 0.15) is 55.8 Å². The maximum absolute atomic E-state index is 13.4. The zero-order valence-electron chi connectivity index (χ0n) is 21.2. The highest BCUT2D eigenvalue weighted by molar-refractivity contribution is 7.12. The highest BCUT2D eigenvalue weighted by Crippen LogP contribution is 2.21. The van der Waals surface area contributed by atoms with Crippen molar-refractivity contribution in [3.8, 4) is 0 Å². The minimum atomic E-state index is -0.898. The number of nitrogens with one attached hydrogen (secondary N) is 3. The Morgan fingerprint density at radius 1 is 0.972 bits per heavy atom. The predicted molar refractivity (Wildman–Crippen MR) is 142 cm³/mol. The van der Waals surface area contributed by atoms with Gasteiger partial charge in [-0.05, 0) is 35.8 Å². The maximum atomic E-state index is 13.4. The average molecular weight is 513 g/mol. The number of rotatable bonds is 12. The number of nitrogens with two attached hydrogens (primary N) is 1. The second-order valence-corrected chi connectivity index (χ2v) is 10.6. The Morgan fingerprint density at radius 3 is 2.22 bits per heavy atom. The molecule has 194 valence electrons. The van der Waals surface area contributed by atoms with E-state index in [1.165, 1.54) is 11.3 Å². The van der Waals surface area contributed by atoms with Crippen molar-refractivity contribution in [3.05, 3.63) is 70.4 Å². The number of carbonyl (C=O) groups is 4. The number of hydrogen-bond acceptors (Lipinski definition) is 5. The second kappa shape index (κ2) is 13.6. The van der Waals surface area contributed by atoms with Crippen LogP contribution < -0.4 is 21.7 Å². The fourth-order valence-electron chi connectivity index (χ4n) is 3.63. The van der Waals surface area contributed by atoms with Crippen molar-refractivity contribution >= 4 is 35.0 Å². The van der Waals surface area contributed by atoms with Gasteiger partial charge >= 0.3 is 0 Å². The summed E-state index contributed by atoms with van der Waals surface area (Å²) in [5.41, 5.74) is 5.53. The number of allylic oxidation sites excluding steroid dienone is 1. The lowest BCUT2D eigenvalue weighted by Gasteiger charge is -2.32. The predicted octanol–water partition coefficient (Wildman–Crippen LogP) is 2.95. The van der Waals surface area contributed by atoms with Crippen molar-refractivity contribution in [2.75, 3.05) is 0 Å². The van der Waals surface area contributed by atoms with Crippen molar-refractivity contribution in [2.24, 2.45) is 11.1 Å². The molecule has 1 aromatic carbocycles. The summed E-state index contributed by atoms with van der Waals surface area (Å²) in [6.07, 6.45) is 4.28. The van der Waals surface area contributed by atoms with Crippen molar-refractivity contribution in [1.82, 2.24) is 16.0 Å². The minimum absolute atomic E-state index is 0.117. The number of thiophene rings is 1. The molecule has 1 aromatic heterocycles. The van der Waals surface area contributed by atoms with Gasteiger partial charge in [0, 0.05) is 18.9 Å². The van der Waals surface area contributed by atoms with E-state index in [0.29, 0.717) is 11.3 Å². The quantitative estimate of drug-likeness (QED) is 0.326. The first-order valence-corrected chi connectivity index (χ1v) is 12.8. The van der Waals surface area contributed by atoms with Crippen LogP contribution in [0.4, 0.5) is 0 Å². The van der Waals surface area contributed by atoms with E-state index in [-0.39, 0.29) is 18.7 Å². The van der Waals surface area contributed by atoms with Gasteiger partial charge in [-0.15, -0.1) is 11.3 Å². The van der Waals surface area contributed by atoms with Crippen molar-refractivity contribution in [1.29, 1.82) is 0 Å². The number of hydrogen-bond donors (Lipinski definition) is 4. The fraction of sp³-hybridized carbons (Fsp3) is 0.407. The molecule has 4 amide bonds. The molecule has 0 saturated heterocycles. The number of benzene rings is 1. The summed E-state index contributed by atoms with van der Waals surface area (Å²) in [4.78, 5) is 51.2. The van der Waals surface area contributed by atoms with Gasteiger partial charge in [-0.2, -0.15) is 0 Å². The lowest BCUT2D eigenvalue weighted by Crippen LogP contribution is -2.58. The Labute approximate surface area is 216 Å². The molecule has 0 radical (unpaired) electrons. The molecule has 0 bridgehead atoms. The van der Waals surface area contributed by atoms with Crippen LogP contribution in [0.3, 0.4) is 0 Å². The average Bonchev–Trinajstić information content (AvgIpc) is 3.35. The number of primary amides is 1. The summed E-state index contributed by atoms with van der Waals surface area (Å²) >= 11 is 1.29. The first-order valence-electron chi connectivity index (χ1n) is 11.9. The van der Waals surface area contributed by atoms with Crippen LogP contribution in [0.5, 0.6) is 0 Å². The molecule has 0 saturated carbocycles. The second-order valence-electron chi connectivity index (χ2n) is 9.65. The van der Waals surface area contributed by atoms with E-state index in [4.69, 9.17) is 5.73 Å². The molecule has 2 aromatic rings. The Hall–Kier alpha value is -3.46. The molecule has 0 aliphatic rings. The number of carbonyl (C=O) groups excluding carboxylic acids is 4. The van der Waals surface area contributed by atoms with Gasteiger partial charge in [-0.3, -0.25) is 19.2 Å². The zero-order valence-corrected chi connectivity index (χ0v) is 22.1. The van der Waals surface area contributed by atoms with Gasteiger partial charge in [0.1, 0.15) is 12.1 Å². The largest absolute Gasteiger partial charge is 0.370 e. The first-order chi connectivity index (χ1) is 17.0. The minimum Gasteiger partial charge on any atom is -0.370 e. The molecule has 1 heterocycles. The third-order valence-corrected chi connectivity index (χ3v) is 6.39. The lowest BCUT2D eigenvalue weighted by molar-refractivity contribution is -0.131. The molecule has 3 atom stereocenters. The van der Waals surface area contributed by atoms with Crippen molar-refractivity contribution in [3.63, 3.8) is 0 Å². The van der Waals surface area contributed by atoms with E-state index in [9.17, 15) is 19.2 Å². The van der Waals surface area contributed by atoms with E-state index < -0.39 is 41.3 Å². The molecule has 0 fully saturated rings. The Bertz CT molecular complexity index is 1050. The molecule has 5 N–H and O–H groups in total. The van der Waals surface area contributed by atoms with Crippen molar-refractivity contribution < 1.29 is 19.2 Å². The molecular formula is C27H36N4O4S. The summed E-state index contributed by atoms with van der Waals surface area (Å²) in [6.45, 7) is 7.37. The standard InChI is InChI=1S/C27H36N4O4S/c1-5-10-19(14-15-22(28)32)29-24(33)20(17-18-11-7-6-8-12-18)30-26(35)23(27(2,3)4)31-25(34)21-13-9-16-36-21/h5-13,16,19-20,23H,14-15,17H2,1-4H3,(H2,28,32)(H,29,33)(H,30,35)(H,31,34)/b10-5+/t19-,20+,23-/m1/s1. The van der Waals surface area contributed by atoms with Crippen LogP contribution in [-0.4, -0.2) is 41.8 Å². The fourth-order valence-corrected chi connectivity index (χ4v) is 4.26. The molecule has 0 aliphatic heterocycles. The van der Waals surface area contributed by atoms with Gasteiger partial charge in [0.25, 0.3) is 5.91 Å². The topological polar surface area (TPSA) is 130 Å². The SMILES string of the molecule is C/C=C/[C@H](CCC(N)=O)NC(=O)[C@H](Cc1ccccc1)NC(=O)[C@@H](NC(=O)c1cccs1)C(C)(C)C. The van der Waals surface area contributed by atoms with E-state index in [1.54, 1.807) is 29.7 Å². The molecule has 0 spiro atoms. The van der Waals surface area contributed by atoms with Crippen LogP contribution >= 0.6 is 11.3 Å². The molecular weight excluding hydrogens is 476 g/mol. The van der Waals surface area contributed by atoms with Gasteiger partial charge in [0.05, 0.1) is 4.88 Å². The smallest absolute Gasteiger partial charge is 0.262 e. The molecule has 0 aliphatic carbocycles. The van der Waals surface area contributed by atoms with Gasteiger partial charge < -0.3 is 21.7 Å². The van der Waals surface area contributed by atoms with Crippen LogP contribution in [0.2, 0.25) is 0 Å². The lowest BCUT2D eigenvalue weighted by atomic mass is 9.85. The summed E-state index contributed by atoms with van der Waals surface area (Å²) in [5.74, 6) is -1.65. The van der Waals surface area contributed by atoms with Crippen LogP contribution in [0.15, 0.2) is 60.0 Å². The monoisotopic (exact) mass is 512 g/mol. The highest BCUT2D eigenvalue weighted by atomic mass is 32.1. The van der Waals surface area contributed by atoms with Crippen molar-refractivity contribution in [2.45, 2.75) is 65.1 Å². The van der Waals surface area contributed by atoms with E-state index in [0.717, 1.165) is 5.56 Å². The Balaban J connectivity index is 2.24. The zero-order chi connectivity index (χ0) is 26.7.